The molecule has 20 heavy (non-hydrogen) atoms. The van der Waals surface area contributed by atoms with Gasteiger partial charge >= 0.3 is 6.09 Å². The average molecular weight is 276 g/mol. The van der Waals surface area contributed by atoms with E-state index in [1.807, 2.05) is 39.0 Å². The van der Waals surface area contributed by atoms with Crippen molar-refractivity contribution in [2.45, 2.75) is 51.0 Å². The van der Waals surface area contributed by atoms with Crippen LogP contribution in [-0.4, -0.2) is 18.2 Å². The molecule has 0 unspecified atom stereocenters. The van der Waals surface area contributed by atoms with Crippen molar-refractivity contribution in [2.24, 2.45) is 5.73 Å². The zero-order valence-electron chi connectivity index (χ0n) is 12.5. The van der Waals surface area contributed by atoms with Crippen molar-refractivity contribution in [3.63, 3.8) is 0 Å². The predicted octanol–water partition coefficient (Wildman–Crippen LogP) is 3.41. The molecule has 1 saturated carbocycles. The molecule has 0 spiro atoms. The number of hydrogen-bond donors (Lipinski definition) is 2. The normalized spacial score (nSPS) is 17.2. The topological polar surface area (TPSA) is 64.3 Å². The molecule has 1 aliphatic rings. The third-order valence-corrected chi connectivity index (χ3v) is 3.84. The third-order valence-electron chi connectivity index (χ3n) is 3.84. The highest BCUT2D eigenvalue weighted by Crippen LogP contribution is 2.45. The molecule has 0 aromatic heterocycles. The van der Waals surface area contributed by atoms with Gasteiger partial charge in [-0.2, -0.15) is 0 Å². The van der Waals surface area contributed by atoms with Gasteiger partial charge in [-0.25, -0.2) is 4.79 Å². The molecule has 1 fully saturated rings. The molecule has 1 aliphatic carbocycles. The summed E-state index contributed by atoms with van der Waals surface area (Å²) in [6.07, 6.45) is 2.93. The second-order valence-electron chi connectivity index (χ2n) is 6.51. The predicted molar refractivity (Wildman–Crippen MR) is 80.9 cm³/mol. The summed E-state index contributed by atoms with van der Waals surface area (Å²) < 4.78 is 5.31. The summed E-state index contributed by atoms with van der Waals surface area (Å²) >= 11 is 0. The smallest absolute Gasteiger partial charge is 0.412 e. The molecule has 4 heteroatoms. The lowest BCUT2D eigenvalue weighted by Gasteiger charge is -2.42. The van der Waals surface area contributed by atoms with Crippen LogP contribution in [0.15, 0.2) is 24.3 Å². The van der Waals surface area contributed by atoms with E-state index < -0.39 is 11.7 Å². The summed E-state index contributed by atoms with van der Waals surface area (Å²) in [5, 5.41) is 2.86. The van der Waals surface area contributed by atoms with E-state index in [4.69, 9.17) is 10.5 Å². The van der Waals surface area contributed by atoms with E-state index in [-0.39, 0.29) is 5.41 Å². The van der Waals surface area contributed by atoms with Gasteiger partial charge in [-0.15, -0.1) is 0 Å². The Morgan fingerprint density at radius 3 is 2.50 bits per heavy atom. The van der Waals surface area contributed by atoms with Crippen LogP contribution in [0.3, 0.4) is 0 Å². The van der Waals surface area contributed by atoms with Gasteiger partial charge in [0.15, 0.2) is 0 Å². The van der Waals surface area contributed by atoms with E-state index in [0.717, 1.165) is 24.1 Å². The number of amides is 1. The highest BCUT2D eigenvalue weighted by molar-refractivity contribution is 5.86. The second kappa shape index (κ2) is 5.44. The Labute approximate surface area is 120 Å². The summed E-state index contributed by atoms with van der Waals surface area (Å²) in [6.45, 7) is 6.17. The summed E-state index contributed by atoms with van der Waals surface area (Å²) in [5.41, 5.74) is 7.42. The number of nitrogens with one attached hydrogen (secondary N) is 1. The Morgan fingerprint density at radius 2 is 2.00 bits per heavy atom. The second-order valence-corrected chi connectivity index (χ2v) is 6.51. The van der Waals surface area contributed by atoms with Crippen LogP contribution in [0.25, 0.3) is 0 Å². The van der Waals surface area contributed by atoms with Crippen LogP contribution < -0.4 is 11.1 Å². The monoisotopic (exact) mass is 276 g/mol. The fourth-order valence-corrected chi connectivity index (χ4v) is 2.66. The van der Waals surface area contributed by atoms with Gasteiger partial charge < -0.3 is 10.5 Å². The molecular weight excluding hydrogens is 252 g/mol. The lowest BCUT2D eigenvalue weighted by atomic mass is 9.64. The number of nitrogens with two attached hydrogens (primary N) is 1. The fraction of sp³-hybridized carbons (Fsp3) is 0.562. The van der Waals surface area contributed by atoms with Crippen LogP contribution in [0.5, 0.6) is 0 Å². The van der Waals surface area contributed by atoms with Gasteiger partial charge in [0.25, 0.3) is 0 Å². The van der Waals surface area contributed by atoms with Crippen molar-refractivity contribution in [1.29, 1.82) is 0 Å². The van der Waals surface area contributed by atoms with Gasteiger partial charge in [0.1, 0.15) is 5.60 Å². The number of carbonyl (C=O) groups excluding carboxylic acids is 1. The van der Waals surface area contributed by atoms with Gasteiger partial charge in [-0.3, -0.25) is 5.32 Å². The summed E-state index contributed by atoms with van der Waals surface area (Å²) in [4.78, 5) is 11.9. The average Bonchev–Trinajstić information content (AvgIpc) is 2.28. The van der Waals surface area contributed by atoms with Crippen molar-refractivity contribution in [3.05, 3.63) is 29.8 Å². The highest BCUT2D eigenvalue weighted by Gasteiger charge is 2.39. The lowest BCUT2D eigenvalue weighted by molar-refractivity contribution is 0.0635. The fourth-order valence-electron chi connectivity index (χ4n) is 2.66. The van der Waals surface area contributed by atoms with Crippen LogP contribution in [0, 0.1) is 0 Å². The summed E-state index contributed by atoms with van der Waals surface area (Å²) in [5.74, 6) is 0. The number of hydrogen-bond acceptors (Lipinski definition) is 3. The number of para-hydroxylation sites is 1. The zero-order chi connectivity index (χ0) is 14.8. The zero-order valence-corrected chi connectivity index (χ0v) is 12.5. The van der Waals surface area contributed by atoms with E-state index in [1.54, 1.807) is 0 Å². The first-order valence-corrected chi connectivity index (χ1v) is 7.16. The summed E-state index contributed by atoms with van der Waals surface area (Å²) in [6, 6.07) is 7.87. The number of carbonyl (C=O) groups is 1. The molecule has 1 amide bonds. The Morgan fingerprint density at radius 1 is 1.35 bits per heavy atom. The molecule has 0 radical (unpaired) electrons. The molecule has 4 nitrogen and oxygen atoms in total. The standard InChI is InChI=1S/C16H24N2O2/c1-15(2,3)20-14(19)18-13-8-5-4-7-12(13)16(11-17)9-6-10-16/h4-5,7-8H,6,9-11,17H2,1-3H3,(H,18,19). The number of rotatable bonds is 3. The molecule has 3 N–H and O–H groups in total. The Hall–Kier alpha value is -1.55. The molecule has 2 rings (SSSR count). The highest BCUT2D eigenvalue weighted by atomic mass is 16.6. The van der Waals surface area contributed by atoms with Crippen LogP contribution in [0.1, 0.15) is 45.6 Å². The van der Waals surface area contributed by atoms with Crippen molar-refractivity contribution < 1.29 is 9.53 Å². The van der Waals surface area contributed by atoms with Crippen molar-refractivity contribution in [1.82, 2.24) is 0 Å². The minimum absolute atomic E-state index is 0.0195. The number of anilines is 1. The van der Waals surface area contributed by atoms with E-state index in [1.165, 1.54) is 6.42 Å². The lowest BCUT2D eigenvalue weighted by Crippen LogP contribution is -2.42. The number of ether oxygens (including phenoxy) is 1. The molecule has 0 aliphatic heterocycles. The number of benzene rings is 1. The Kier molecular flexibility index (Phi) is 4.04. The van der Waals surface area contributed by atoms with E-state index in [2.05, 4.69) is 11.4 Å². The molecule has 110 valence electrons. The van der Waals surface area contributed by atoms with Crippen LogP contribution in [-0.2, 0) is 10.2 Å². The van der Waals surface area contributed by atoms with Crippen LogP contribution in [0.4, 0.5) is 10.5 Å². The van der Waals surface area contributed by atoms with E-state index in [0.29, 0.717) is 6.54 Å². The molecule has 0 atom stereocenters. The van der Waals surface area contributed by atoms with Gasteiger partial charge in [-0.1, -0.05) is 24.6 Å². The van der Waals surface area contributed by atoms with Crippen molar-refractivity contribution >= 4 is 11.8 Å². The molecule has 1 aromatic rings. The first-order valence-electron chi connectivity index (χ1n) is 7.16. The molecular formula is C16H24N2O2. The molecule has 0 heterocycles. The molecule has 1 aromatic carbocycles. The van der Waals surface area contributed by atoms with Crippen LogP contribution >= 0.6 is 0 Å². The summed E-state index contributed by atoms with van der Waals surface area (Å²) in [7, 11) is 0. The minimum atomic E-state index is -0.499. The molecule has 0 bridgehead atoms. The van der Waals surface area contributed by atoms with Gasteiger partial charge in [-0.05, 0) is 45.2 Å². The molecule has 0 saturated heterocycles. The maximum absolute atomic E-state index is 11.9. The largest absolute Gasteiger partial charge is 0.444 e. The van der Waals surface area contributed by atoms with Gasteiger partial charge in [0, 0.05) is 17.6 Å². The van der Waals surface area contributed by atoms with E-state index >= 15 is 0 Å². The van der Waals surface area contributed by atoms with Gasteiger partial charge in [0.05, 0.1) is 0 Å². The van der Waals surface area contributed by atoms with Crippen molar-refractivity contribution in [2.75, 3.05) is 11.9 Å². The first-order chi connectivity index (χ1) is 9.36. The van der Waals surface area contributed by atoms with Crippen LogP contribution in [0.2, 0.25) is 0 Å². The quantitative estimate of drug-likeness (QED) is 0.889. The Bertz CT molecular complexity index is 482. The van der Waals surface area contributed by atoms with Crippen molar-refractivity contribution in [3.8, 4) is 0 Å². The van der Waals surface area contributed by atoms with E-state index in [9.17, 15) is 4.79 Å². The minimum Gasteiger partial charge on any atom is -0.444 e. The Balaban J connectivity index is 2.19. The maximum atomic E-state index is 11.9. The maximum Gasteiger partial charge on any atom is 0.412 e. The van der Waals surface area contributed by atoms with Gasteiger partial charge in [0.2, 0.25) is 0 Å². The third kappa shape index (κ3) is 3.12. The SMILES string of the molecule is CC(C)(C)OC(=O)Nc1ccccc1C1(CN)CCC1. The first kappa shape index (κ1) is 14.9.